The van der Waals surface area contributed by atoms with E-state index in [1.165, 1.54) is 5.56 Å². The van der Waals surface area contributed by atoms with Crippen LogP contribution in [0.5, 0.6) is 0 Å². The van der Waals surface area contributed by atoms with E-state index >= 15 is 0 Å². The van der Waals surface area contributed by atoms with Crippen molar-refractivity contribution in [3.05, 3.63) is 34.3 Å². The fourth-order valence-electron chi connectivity index (χ4n) is 1.58. The summed E-state index contributed by atoms with van der Waals surface area (Å²) in [5.41, 5.74) is 2.33. The van der Waals surface area contributed by atoms with Crippen LogP contribution in [0.15, 0.2) is 18.2 Å². The first kappa shape index (κ1) is 7.14. The van der Waals surface area contributed by atoms with E-state index in [1.807, 2.05) is 18.2 Å². The monoisotopic (exact) mass is 168 g/mol. The van der Waals surface area contributed by atoms with Crippen molar-refractivity contribution in [2.24, 2.45) is 0 Å². The van der Waals surface area contributed by atoms with Crippen LogP contribution in [0.25, 0.3) is 0 Å². The summed E-state index contributed by atoms with van der Waals surface area (Å²) in [4.78, 5) is 0. The number of halogens is 1. The van der Waals surface area contributed by atoms with Crippen LogP contribution in [0.3, 0.4) is 0 Å². The molecule has 11 heavy (non-hydrogen) atoms. The molecule has 0 heterocycles. The molecule has 2 heteroatoms. The molecule has 1 aromatic carbocycles. The fourth-order valence-corrected chi connectivity index (χ4v) is 1.86. The Morgan fingerprint density at radius 2 is 2.18 bits per heavy atom. The highest BCUT2D eigenvalue weighted by Gasteiger charge is 2.20. The predicted molar refractivity (Wildman–Crippen MR) is 44.9 cm³/mol. The van der Waals surface area contributed by atoms with Crippen molar-refractivity contribution in [1.29, 1.82) is 0 Å². The van der Waals surface area contributed by atoms with Gasteiger partial charge in [-0.3, -0.25) is 0 Å². The van der Waals surface area contributed by atoms with E-state index in [0.717, 1.165) is 23.4 Å². The molecule has 0 radical (unpaired) electrons. The van der Waals surface area contributed by atoms with Crippen molar-refractivity contribution in [3.63, 3.8) is 0 Å². The number of rotatable bonds is 0. The maximum absolute atomic E-state index is 9.32. The van der Waals surface area contributed by atoms with Crippen molar-refractivity contribution in [1.82, 2.24) is 0 Å². The van der Waals surface area contributed by atoms with Gasteiger partial charge in [-0.25, -0.2) is 0 Å². The molecule has 0 bridgehead atoms. The Bertz CT molecular complexity index is 283. The molecular weight excluding hydrogens is 160 g/mol. The maximum Gasteiger partial charge on any atom is 0.0621 e. The van der Waals surface area contributed by atoms with E-state index in [-0.39, 0.29) is 6.10 Å². The quantitative estimate of drug-likeness (QED) is 0.627. The summed E-state index contributed by atoms with van der Waals surface area (Å²) in [5, 5.41) is 10.1. The predicted octanol–water partition coefficient (Wildman–Crippen LogP) is 1.80. The topological polar surface area (TPSA) is 20.2 Å². The van der Waals surface area contributed by atoms with Crippen LogP contribution in [-0.2, 0) is 12.8 Å². The molecule has 58 valence electrons. The molecule has 2 rings (SSSR count). The third-order valence-corrected chi connectivity index (χ3v) is 2.47. The van der Waals surface area contributed by atoms with Gasteiger partial charge in [0, 0.05) is 11.4 Å². The van der Waals surface area contributed by atoms with Gasteiger partial charge in [0.2, 0.25) is 0 Å². The highest BCUT2D eigenvalue weighted by molar-refractivity contribution is 6.31. The lowest BCUT2D eigenvalue weighted by atomic mass is 10.1. The molecule has 1 atom stereocenters. The van der Waals surface area contributed by atoms with E-state index in [9.17, 15) is 5.11 Å². The maximum atomic E-state index is 9.32. The van der Waals surface area contributed by atoms with Crippen LogP contribution < -0.4 is 0 Å². The molecular formula is C9H9ClO. The van der Waals surface area contributed by atoms with Crippen LogP contribution in [0.1, 0.15) is 11.1 Å². The average molecular weight is 169 g/mol. The Labute approximate surface area is 70.6 Å². The van der Waals surface area contributed by atoms with Crippen LogP contribution in [0.2, 0.25) is 5.02 Å². The third kappa shape index (κ3) is 1.15. The van der Waals surface area contributed by atoms with Gasteiger partial charge in [0.15, 0.2) is 0 Å². The highest BCUT2D eigenvalue weighted by Crippen LogP contribution is 2.28. The number of hydrogen-bond acceptors (Lipinski definition) is 1. The normalized spacial score (nSPS) is 21.8. The molecule has 1 aliphatic rings. The molecule has 0 saturated carbocycles. The summed E-state index contributed by atoms with van der Waals surface area (Å²) in [7, 11) is 0. The van der Waals surface area contributed by atoms with Crippen molar-refractivity contribution >= 4 is 11.6 Å². The van der Waals surface area contributed by atoms with Crippen molar-refractivity contribution < 1.29 is 5.11 Å². The van der Waals surface area contributed by atoms with Gasteiger partial charge in [0.05, 0.1) is 6.10 Å². The van der Waals surface area contributed by atoms with Gasteiger partial charge in [0.1, 0.15) is 0 Å². The van der Waals surface area contributed by atoms with E-state index in [0.29, 0.717) is 0 Å². The van der Waals surface area contributed by atoms with Gasteiger partial charge >= 0.3 is 0 Å². The lowest BCUT2D eigenvalue weighted by molar-refractivity contribution is 0.187. The number of benzene rings is 1. The molecule has 0 amide bonds. The zero-order chi connectivity index (χ0) is 7.84. The lowest BCUT2D eigenvalue weighted by Gasteiger charge is -1.98. The largest absolute Gasteiger partial charge is 0.392 e. The van der Waals surface area contributed by atoms with Crippen LogP contribution >= 0.6 is 11.6 Å². The molecule has 0 fully saturated rings. The van der Waals surface area contributed by atoms with E-state index in [4.69, 9.17) is 11.6 Å². The average Bonchev–Trinajstić information content (AvgIpc) is 2.31. The van der Waals surface area contributed by atoms with Gasteiger partial charge in [-0.1, -0.05) is 23.7 Å². The molecule has 0 aliphatic heterocycles. The molecule has 1 unspecified atom stereocenters. The summed E-state index contributed by atoms with van der Waals surface area (Å²) in [6.45, 7) is 0. The first-order valence-corrected chi connectivity index (χ1v) is 4.09. The number of aliphatic hydroxyl groups is 1. The zero-order valence-corrected chi connectivity index (χ0v) is 6.80. The minimum Gasteiger partial charge on any atom is -0.392 e. The second-order valence-electron chi connectivity index (χ2n) is 2.94. The second-order valence-corrected chi connectivity index (χ2v) is 3.35. The first-order chi connectivity index (χ1) is 5.27. The van der Waals surface area contributed by atoms with Gasteiger partial charge in [-0.2, -0.15) is 0 Å². The SMILES string of the molecule is OC1Cc2cccc(Cl)c2C1. The second kappa shape index (κ2) is 2.50. The molecule has 1 aromatic rings. The van der Waals surface area contributed by atoms with Gasteiger partial charge in [-0.05, 0) is 23.6 Å². The number of hydrogen-bond donors (Lipinski definition) is 1. The fraction of sp³-hybridized carbons (Fsp3) is 0.333. The summed E-state index contributed by atoms with van der Waals surface area (Å²) in [5.74, 6) is 0. The summed E-state index contributed by atoms with van der Waals surface area (Å²) in [6.07, 6.45) is 1.26. The first-order valence-electron chi connectivity index (χ1n) is 3.71. The Morgan fingerprint density at radius 3 is 2.91 bits per heavy atom. The molecule has 1 aliphatic carbocycles. The minimum absolute atomic E-state index is 0.218. The highest BCUT2D eigenvalue weighted by atomic mass is 35.5. The van der Waals surface area contributed by atoms with Crippen molar-refractivity contribution in [3.8, 4) is 0 Å². The van der Waals surface area contributed by atoms with Gasteiger partial charge in [-0.15, -0.1) is 0 Å². The third-order valence-electron chi connectivity index (χ3n) is 2.11. The summed E-state index contributed by atoms with van der Waals surface area (Å²) >= 11 is 5.92. The van der Waals surface area contributed by atoms with Crippen molar-refractivity contribution in [2.75, 3.05) is 0 Å². The van der Waals surface area contributed by atoms with E-state index < -0.39 is 0 Å². The van der Waals surface area contributed by atoms with Crippen molar-refractivity contribution in [2.45, 2.75) is 18.9 Å². The van der Waals surface area contributed by atoms with Gasteiger partial charge in [0.25, 0.3) is 0 Å². The number of fused-ring (bicyclic) bond motifs is 1. The summed E-state index contributed by atoms with van der Waals surface area (Å²) < 4.78 is 0. The Balaban J connectivity index is 2.49. The molecule has 1 N–H and O–H groups in total. The Hall–Kier alpha value is -0.530. The Morgan fingerprint density at radius 1 is 1.36 bits per heavy atom. The Kier molecular flexibility index (Phi) is 1.63. The molecule has 0 aromatic heterocycles. The molecule has 0 spiro atoms. The lowest BCUT2D eigenvalue weighted by Crippen LogP contribution is -2.03. The summed E-state index contributed by atoms with van der Waals surface area (Å²) in [6, 6.07) is 5.83. The smallest absolute Gasteiger partial charge is 0.0621 e. The molecule has 1 nitrogen and oxygen atoms in total. The minimum atomic E-state index is -0.218. The molecule has 0 saturated heterocycles. The van der Waals surface area contributed by atoms with E-state index in [1.54, 1.807) is 0 Å². The zero-order valence-electron chi connectivity index (χ0n) is 6.05. The van der Waals surface area contributed by atoms with Crippen LogP contribution in [0.4, 0.5) is 0 Å². The standard InChI is InChI=1S/C9H9ClO/c10-9-3-1-2-6-4-7(11)5-8(6)9/h1-3,7,11H,4-5H2. The van der Waals surface area contributed by atoms with Gasteiger partial charge < -0.3 is 5.11 Å². The van der Waals surface area contributed by atoms with Crippen LogP contribution in [0, 0.1) is 0 Å². The van der Waals surface area contributed by atoms with E-state index in [2.05, 4.69) is 0 Å². The van der Waals surface area contributed by atoms with Crippen LogP contribution in [-0.4, -0.2) is 11.2 Å². The number of aliphatic hydroxyl groups excluding tert-OH is 1.